The van der Waals surface area contributed by atoms with Crippen LogP contribution >= 0.6 is 0 Å². The number of hydrogen-bond donors (Lipinski definition) is 2. The molecule has 0 heterocycles. The summed E-state index contributed by atoms with van der Waals surface area (Å²) in [5.74, 6) is -0.445. The molecule has 0 fully saturated rings. The lowest BCUT2D eigenvalue weighted by Gasteiger charge is -2.13. The highest BCUT2D eigenvalue weighted by Gasteiger charge is 2.31. The number of rotatable bonds is 7. The van der Waals surface area contributed by atoms with E-state index < -0.39 is 19.2 Å². The molecule has 0 saturated heterocycles. The number of ether oxygens (including phenoxy) is 2. The van der Waals surface area contributed by atoms with Crippen LogP contribution in [0.25, 0.3) is 0 Å². The number of alkyl halides is 3. The molecule has 0 aliphatic rings. The molecule has 0 spiro atoms. The van der Waals surface area contributed by atoms with E-state index in [1.54, 1.807) is 0 Å². The van der Waals surface area contributed by atoms with Crippen molar-refractivity contribution in [2.45, 2.75) is 32.5 Å². The van der Waals surface area contributed by atoms with E-state index in [1.165, 1.54) is 6.07 Å². The average Bonchev–Trinajstić information content (AvgIpc) is 2.32. The molecular formula is C12H16BF3O4. The van der Waals surface area contributed by atoms with Crippen molar-refractivity contribution < 1.29 is 32.7 Å². The molecule has 1 aromatic rings. The van der Waals surface area contributed by atoms with Crippen LogP contribution in [0.1, 0.15) is 26.2 Å². The molecule has 0 bridgehead atoms. The Morgan fingerprint density at radius 3 is 2.30 bits per heavy atom. The smallest absolute Gasteiger partial charge is 0.493 e. The minimum absolute atomic E-state index is 0.103. The van der Waals surface area contributed by atoms with Gasteiger partial charge in [0.15, 0.2) is 0 Å². The van der Waals surface area contributed by atoms with E-state index >= 15 is 0 Å². The lowest BCUT2D eigenvalue weighted by Crippen LogP contribution is -2.30. The number of unbranched alkanes of at least 4 members (excludes halogenated alkanes) is 2. The van der Waals surface area contributed by atoms with Gasteiger partial charge in [-0.15, -0.1) is 13.2 Å². The van der Waals surface area contributed by atoms with Crippen molar-refractivity contribution in [2.24, 2.45) is 0 Å². The maximum atomic E-state index is 12.2. The fourth-order valence-corrected chi connectivity index (χ4v) is 1.56. The first kappa shape index (κ1) is 16.6. The summed E-state index contributed by atoms with van der Waals surface area (Å²) in [4.78, 5) is 0. The summed E-state index contributed by atoms with van der Waals surface area (Å²) in [6, 6.07) is 3.22. The minimum atomic E-state index is -4.85. The van der Waals surface area contributed by atoms with Gasteiger partial charge in [0.2, 0.25) is 0 Å². The van der Waals surface area contributed by atoms with Gasteiger partial charge >= 0.3 is 13.5 Å². The molecule has 4 nitrogen and oxygen atoms in total. The average molecular weight is 292 g/mol. The van der Waals surface area contributed by atoms with Gasteiger partial charge in [0.25, 0.3) is 0 Å². The Hall–Kier alpha value is -1.41. The molecule has 112 valence electrons. The molecule has 0 aliphatic carbocycles. The van der Waals surface area contributed by atoms with Crippen LogP contribution in [0.15, 0.2) is 18.2 Å². The molecule has 0 radical (unpaired) electrons. The molecule has 0 unspecified atom stereocenters. The van der Waals surface area contributed by atoms with E-state index in [-0.39, 0.29) is 11.2 Å². The summed E-state index contributed by atoms with van der Waals surface area (Å²) in [7, 11) is -1.90. The quantitative estimate of drug-likeness (QED) is 0.594. The van der Waals surface area contributed by atoms with Crippen LogP contribution in [-0.4, -0.2) is 30.1 Å². The topological polar surface area (TPSA) is 58.9 Å². The second-order valence-corrected chi connectivity index (χ2v) is 4.21. The standard InChI is InChI=1S/C12H16BF3O4/c1-2-3-4-5-19-10-6-9(13(17)18)7-11(8-10)20-12(14,15)16/h6-8,17-18H,2-5H2,1H3. The molecular weight excluding hydrogens is 276 g/mol. The zero-order chi connectivity index (χ0) is 15.2. The second-order valence-electron chi connectivity index (χ2n) is 4.21. The van der Waals surface area contributed by atoms with Crippen molar-refractivity contribution in [3.63, 3.8) is 0 Å². The predicted octanol–water partition coefficient (Wildman–Crippen LogP) is 1.83. The highest BCUT2D eigenvalue weighted by atomic mass is 19.4. The van der Waals surface area contributed by atoms with Crippen LogP contribution < -0.4 is 14.9 Å². The summed E-state index contributed by atoms with van der Waals surface area (Å²) < 4.78 is 45.6. The van der Waals surface area contributed by atoms with Gasteiger partial charge in [-0.3, -0.25) is 0 Å². The van der Waals surface area contributed by atoms with Crippen molar-refractivity contribution >= 4 is 12.6 Å². The Kier molecular flexibility index (Phi) is 6.16. The molecule has 8 heteroatoms. The van der Waals surface area contributed by atoms with E-state index in [0.29, 0.717) is 6.61 Å². The largest absolute Gasteiger partial charge is 0.573 e. The van der Waals surface area contributed by atoms with E-state index in [4.69, 9.17) is 14.8 Å². The molecule has 20 heavy (non-hydrogen) atoms. The van der Waals surface area contributed by atoms with Crippen LogP contribution in [0.4, 0.5) is 13.2 Å². The molecule has 0 amide bonds. The normalized spacial score (nSPS) is 11.3. The third-order valence-electron chi connectivity index (χ3n) is 2.45. The zero-order valence-corrected chi connectivity index (χ0v) is 11.0. The van der Waals surface area contributed by atoms with Crippen LogP contribution in [0.3, 0.4) is 0 Å². The van der Waals surface area contributed by atoms with Crippen molar-refractivity contribution in [3.05, 3.63) is 18.2 Å². The van der Waals surface area contributed by atoms with Crippen LogP contribution in [-0.2, 0) is 0 Å². The first-order valence-electron chi connectivity index (χ1n) is 6.21. The van der Waals surface area contributed by atoms with Crippen molar-refractivity contribution in [1.82, 2.24) is 0 Å². The summed E-state index contributed by atoms with van der Waals surface area (Å²) in [5.41, 5.74) is -0.128. The van der Waals surface area contributed by atoms with Crippen molar-refractivity contribution in [3.8, 4) is 11.5 Å². The summed E-state index contributed by atoms with van der Waals surface area (Å²) in [5, 5.41) is 18.1. The SMILES string of the molecule is CCCCCOc1cc(OC(F)(F)F)cc(B(O)O)c1. The Morgan fingerprint density at radius 1 is 1.10 bits per heavy atom. The first-order valence-corrected chi connectivity index (χ1v) is 6.21. The van der Waals surface area contributed by atoms with E-state index in [1.807, 2.05) is 6.92 Å². The Labute approximate surface area is 115 Å². The number of halogens is 3. The summed E-state index contributed by atoms with van der Waals surface area (Å²) >= 11 is 0. The number of hydrogen-bond acceptors (Lipinski definition) is 4. The van der Waals surface area contributed by atoms with Gasteiger partial charge < -0.3 is 19.5 Å². The van der Waals surface area contributed by atoms with Gasteiger partial charge in [-0.25, -0.2) is 0 Å². The third kappa shape index (κ3) is 6.16. The monoisotopic (exact) mass is 292 g/mol. The molecule has 0 aromatic heterocycles. The lowest BCUT2D eigenvalue weighted by atomic mass is 9.80. The van der Waals surface area contributed by atoms with E-state index in [2.05, 4.69) is 4.74 Å². The van der Waals surface area contributed by atoms with Gasteiger partial charge in [0, 0.05) is 6.07 Å². The maximum absolute atomic E-state index is 12.2. The first-order chi connectivity index (χ1) is 9.31. The van der Waals surface area contributed by atoms with E-state index in [9.17, 15) is 13.2 Å². The number of benzene rings is 1. The van der Waals surface area contributed by atoms with Crippen LogP contribution in [0.5, 0.6) is 11.5 Å². The highest BCUT2D eigenvalue weighted by Crippen LogP contribution is 2.25. The van der Waals surface area contributed by atoms with Gasteiger partial charge in [0.1, 0.15) is 11.5 Å². The second kappa shape index (κ2) is 7.40. The maximum Gasteiger partial charge on any atom is 0.573 e. The Morgan fingerprint density at radius 2 is 1.75 bits per heavy atom. The van der Waals surface area contributed by atoms with Gasteiger partial charge in [-0.1, -0.05) is 19.8 Å². The fourth-order valence-electron chi connectivity index (χ4n) is 1.56. The Balaban J connectivity index is 2.82. The van der Waals surface area contributed by atoms with Crippen molar-refractivity contribution in [2.75, 3.05) is 6.61 Å². The molecule has 0 aliphatic heterocycles. The van der Waals surface area contributed by atoms with Crippen molar-refractivity contribution in [1.29, 1.82) is 0 Å². The minimum Gasteiger partial charge on any atom is -0.493 e. The van der Waals surface area contributed by atoms with Crippen LogP contribution in [0.2, 0.25) is 0 Å². The molecule has 1 aromatic carbocycles. The van der Waals surface area contributed by atoms with Gasteiger partial charge in [0.05, 0.1) is 6.61 Å². The van der Waals surface area contributed by atoms with Gasteiger partial charge in [-0.05, 0) is 24.0 Å². The van der Waals surface area contributed by atoms with E-state index in [0.717, 1.165) is 31.4 Å². The van der Waals surface area contributed by atoms with Crippen LogP contribution in [0, 0.1) is 0 Å². The Bertz CT molecular complexity index is 424. The molecule has 0 saturated carbocycles. The fraction of sp³-hybridized carbons (Fsp3) is 0.500. The third-order valence-corrected chi connectivity index (χ3v) is 2.45. The predicted molar refractivity (Wildman–Crippen MR) is 68.0 cm³/mol. The summed E-state index contributed by atoms with van der Waals surface area (Å²) in [6.07, 6.45) is -2.16. The van der Waals surface area contributed by atoms with Gasteiger partial charge in [-0.2, -0.15) is 0 Å². The molecule has 0 atom stereocenters. The highest BCUT2D eigenvalue weighted by molar-refractivity contribution is 6.58. The molecule has 2 N–H and O–H groups in total. The molecule has 1 rings (SSSR count). The summed E-state index contributed by atoms with van der Waals surface area (Å²) in [6.45, 7) is 2.35. The zero-order valence-electron chi connectivity index (χ0n) is 11.0. The lowest BCUT2D eigenvalue weighted by molar-refractivity contribution is -0.274.